The molecule has 1 aliphatic heterocycles. The van der Waals surface area contributed by atoms with Crippen LogP contribution in [-0.2, 0) is 31.9 Å². The molecule has 0 bridgehead atoms. The molecule has 1 atom stereocenters. The fourth-order valence-corrected chi connectivity index (χ4v) is 7.99. The average molecular weight is 635 g/mol. The predicted molar refractivity (Wildman–Crippen MR) is 180 cm³/mol. The van der Waals surface area contributed by atoms with Crippen LogP contribution in [0.2, 0.25) is 0 Å². The van der Waals surface area contributed by atoms with E-state index in [1.54, 1.807) is 4.31 Å². The number of imidazole rings is 1. The van der Waals surface area contributed by atoms with Gasteiger partial charge in [-0.3, -0.25) is 9.10 Å². The molecule has 234 valence electrons. The van der Waals surface area contributed by atoms with E-state index in [-0.39, 0.29) is 24.4 Å². The molecule has 1 aromatic heterocycles. The van der Waals surface area contributed by atoms with E-state index in [4.69, 9.17) is 9.72 Å². The first kappa shape index (κ1) is 31.9. The molecule has 0 amide bonds. The summed E-state index contributed by atoms with van der Waals surface area (Å²) >= 11 is 1.53. The van der Waals surface area contributed by atoms with E-state index >= 15 is 0 Å². The maximum atomic E-state index is 13.8. The van der Waals surface area contributed by atoms with E-state index in [2.05, 4.69) is 4.90 Å². The number of para-hydroxylation sites is 2. The second-order valence-corrected chi connectivity index (χ2v) is 14.2. The number of nitrogens with zero attached hydrogens (tertiary/aromatic N) is 4. The van der Waals surface area contributed by atoms with Gasteiger partial charge in [0.25, 0.3) is 0 Å². The Bertz CT molecular complexity index is 1620. The van der Waals surface area contributed by atoms with Gasteiger partial charge in [-0.2, -0.15) is 0 Å². The van der Waals surface area contributed by atoms with Gasteiger partial charge in [0, 0.05) is 31.1 Å². The molecule has 1 aliphatic rings. The number of aromatic nitrogens is 2. The molecule has 3 aromatic carbocycles. The number of hydrogen-bond acceptors (Lipinski definition) is 7. The highest BCUT2D eigenvalue weighted by molar-refractivity contribution is 7.99. The van der Waals surface area contributed by atoms with Gasteiger partial charge in [-0.05, 0) is 81.0 Å². The third-order valence-corrected chi connectivity index (χ3v) is 10.8. The van der Waals surface area contributed by atoms with Gasteiger partial charge in [0.1, 0.15) is 6.54 Å². The lowest BCUT2D eigenvalue weighted by molar-refractivity contribution is -0.149. The lowest BCUT2D eigenvalue weighted by atomic mass is 10.1. The van der Waals surface area contributed by atoms with Crippen molar-refractivity contribution in [2.45, 2.75) is 69.5 Å². The van der Waals surface area contributed by atoms with E-state index < -0.39 is 10.0 Å². The van der Waals surface area contributed by atoms with E-state index in [0.29, 0.717) is 24.4 Å². The first-order chi connectivity index (χ1) is 21.3. The van der Waals surface area contributed by atoms with Crippen LogP contribution >= 0.6 is 11.8 Å². The SMILES string of the molecule is CCC(C)OC(=O)Cn1c(SCCCN(c2ccc(N3CCCCC3)cc2)S(=O)(=O)Cc2ccccc2)nc2ccccc21. The second-order valence-electron chi connectivity index (χ2n) is 11.3. The molecular formula is C34H42N4O4S2. The molecule has 4 aromatic rings. The van der Waals surface area contributed by atoms with Crippen molar-refractivity contribution in [2.75, 3.05) is 34.6 Å². The topological polar surface area (TPSA) is 84.7 Å². The molecule has 1 saturated heterocycles. The van der Waals surface area contributed by atoms with Crippen molar-refractivity contribution < 1.29 is 17.9 Å². The number of rotatable bonds is 14. The Morgan fingerprint density at radius 1 is 0.977 bits per heavy atom. The van der Waals surface area contributed by atoms with Crippen molar-refractivity contribution in [2.24, 2.45) is 0 Å². The molecule has 5 rings (SSSR count). The summed E-state index contributed by atoms with van der Waals surface area (Å²) in [4.78, 5) is 19.8. The normalized spacial score (nSPS) is 14.5. The highest BCUT2D eigenvalue weighted by Gasteiger charge is 2.24. The smallest absolute Gasteiger partial charge is 0.326 e. The lowest BCUT2D eigenvalue weighted by Crippen LogP contribution is -2.33. The number of benzene rings is 3. The van der Waals surface area contributed by atoms with E-state index in [0.717, 1.165) is 47.0 Å². The van der Waals surface area contributed by atoms with E-state index in [1.165, 1.54) is 31.0 Å². The van der Waals surface area contributed by atoms with Gasteiger partial charge in [0.2, 0.25) is 10.0 Å². The van der Waals surface area contributed by atoms with Crippen molar-refractivity contribution >= 4 is 50.2 Å². The molecule has 1 unspecified atom stereocenters. The van der Waals surface area contributed by atoms with Gasteiger partial charge in [-0.1, -0.05) is 61.2 Å². The zero-order chi connectivity index (χ0) is 30.9. The van der Waals surface area contributed by atoms with Gasteiger partial charge in [0.15, 0.2) is 5.16 Å². The van der Waals surface area contributed by atoms with Crippen LogP contribution in [0.1, 0.15) is 51.5 Å². The minimum Gasteiger partial charge on any atom is -0.461 e. The summed E-state index contributed by atoms with van der Waals surface area (Å²) in [6, 6.07) is 25.0. The Balaban J connectivity index is 1.31. The summed E-state index contributed by atoms with van der Waals surface area (Å²) in [5.41, 5.74) is 4.25. The molecule has 2 heterocycles. The fourth-order valence-electron chi connectivity index (χ4n) is 5.44. The number of hydrogen-bond donors (Lipinski definition) is 0. The van der Waals surface area contributed by atoms with Crippen LogP contribution in [0.25, 0.3) is 11.0 Å². The summed E-state index contributed by atoms with van der Waals surface area (Å²) in [5.74, 6) is 0.270. The largest absolute Gasteiger partial charge is 0.461 e. The lowest BCUT2D eigenvalue weighted by Gasteiger charge is -2.30. The maximum Gasteiger partial charge on any atom is 0.326 e. The third-order valence-electron chi connectivity index (χ3n) is 7.94. The number of esters is 1. The molecule has 0 radical (unpaired) electrons. The van der Waals surface area contributed by atoms with Gasteiger partial charge >= 0.3 is 5.97 Å². The molecule has 44 heavy (non-hydrogen) atoms. The maximum absolute atomic E-state index is 13.8. The monoisotopic (exact) mass is 634 g/mol. The van der Waals surface area contributed by atoms with Crippen molar-refractivity contribution in [3.8, 4) is 0 Å². The van der Waals surface area contributed by atoms with Gasteiger partial charge in [-0.25, -0.2) is 13.4 Å². The minimum atomic E-state index is -3.64. The summed E-state index contributed by atoms with van der Waals surface area (Å²) in [6.45, 7) is 6.35. The molecule has 1 fully saturated rings. The Kier molecular flexibility index (Phi) is 10.9. The third kappa shape index (κ3) is 8.15. The van der Waals surface area contributed by atoms with Crippen molar-refractivity contribution in [1.82, 2.24) is 9.55 Å². The Labute approximate surface area is 265 Å². The van der Waals surface area contributed by atoms with Crippen LogP contribution in [0.3, 0.4) is 0 Å². The number of carbonyl (C=O) groups excluding carboxylic acids is 1. The predicted octanol–water partition coefficient (Wildman–Crippen LogP) is 6.89. The number of piperidine rings is 1. The minimum absolute atomic E-state index is 0.0665. The molecule has 0 aliphatic carbocycles. The molecule has 0 spiro atoms. The number of fused-ring (bicyclic) bond motifs is 1. The van der Waals surface area contributed by atoms with Gasteiger partial charge in [-0.15, -0.1) is 0 Å². The second kappa shape index (κ2) is 15.0. The number of anilines is 2. The molecule has 0 N–H and O–H groups in total. The number of sulfonamides is 1. The highest BCUT2D eigenvalue weighted by atomic mass is 32.2. The zero-order valence-corrected chi connectivity index (χ0v) is 27.2. The summed E-state index contributed by atoms with van der Waals surface area (Å²) in [6.07, 6.45) is 4.84. The molecule has 8 nitrogen and oxygen atoms in total. The summed E-state index contributed by atoms with van der Waals surface area (Å²) in [7, 11) is -3.64. The van der Waals surface area contributed by atoms with Crippen molar-refractivity contribution in [1.29, 1.82) is 0 Å². The average Bonchev–Trinajstić information content (AvgIpc) is 3.38. The molecule has 10 heteroatoms. The van der Waals surface area contributed by atoms with Crippen molar-refractivity contribution in [3.05, 3.63) is 84.4 Å². The number of ether oxygens (including phenoxy) is 1. The van der Waals surface area contributed by atoms with E-state index in [9.17, 15) is 13.2 Å². The van der Waals surface area contributed by atoms with Crippen LogP contribution in [-0.4, -0.2) is 55.4 Å². The standard InChI is InChI=1S/C34H42N4O4S2/c1-3-27(2)42-33(39)25-37-32-16-9-8-15-31(32)35-34(37)43-24-12-23-38(44(40,41)26-28-13-6-4-7-14-28)30-19-17-29(18-20-30)36-21-10-5-11-22-36/h4,6-9,13-20,27H,3,5,10-12,21-26H2,1-2H3. The number of carbonyl (C=O) groups is 1. The van der Waals surface area contributed by atoms with Crippen LogP contribution < -0.4 is 9.21 Å². The first-order valence-corrected chi connectivity index (χ1v) is 18.1. The molecular weight excluding hydrogens is 593 g/mol. The van der Waals surface area contributed by atoms with Crippen LogP contribution in [0.4, 0.5) is 11.4 Å². The van der Waals surface area contributed by atoms with E-state index in [1.807, 2.05) is 97.3 Å². The zero-order valence-electron chi connectivity index (χ0n) is 25.6. The Morgan fingerprint density at radius 3 is 2.41 bits per heavy atom. The fraction of sp³-hybridized carbons (Fsp3) is 0.412. The van der Waals surface area contributed by atoms with Gasteiger partial charge in [0.05, 0.1) is 28.6 Å². The van der Waals surface area contributed by atoms with Crippen LogP contribution in [0.5, 0.6) is 0 Å². The van der Waals surface area contributed by atoms with Crippen molar-refractivity contribution in [3.63, 3.8) is 0 Å². The van der Waals surface area contributed by atoms with Gasteiger partial charge < -0.3 is 14.2 Å². The van der Waals surface area contributed by atoms with Crippen LogP contribution in [0.15, 0.2) is 84.0 Å². The summed E-state index contributed by atoms with van der Waals surface area (Å²) in [5, 5.41) is 0.719. The quantitative estimate of drug-likeness (QED) is 0.0849. The highest BCUT2D eigenvalue weighted by Crippen LogP contribution is 2.28. The number of thioether (sulfide) groups is 1. The molecule has 0 saturated carbocycles. The first-order valence-electron chi connectivity index (χ1n) is 15.5. The van der Waals surface area contributed by atoms with Crippen LogP contribution in [0, 0.1) is 0 Å². The summed E-state index contributed by atoms with van der Waals surface area (Å²) < 4.78 is 36.6. The Morgan fingerprint density at radius 2 is 1.68 bits per heavy atom. The Hall–Kier alpha value is -3.50.